The fourth-order valence-corrected chi connectivity index (χ4v) is 2.97. The summed E-state index contributed by atoms with van der Waals surface area (Å²) in [6, 6.07) is 2.33. The number of ether oxygens (including phenoxy) is 1. The topological polar surface area (TPSA) is 58.8 Å². The minimum atomic E-state index is -5.10. The van der Waals surface area contributed by atoms with E-state index in [4.69, 9.17) is 10.5 Å². The second-order valence-corrected chi connectivity index (χ2v) is 7.56. The molecule has 10 heteroatoms. The molecule has 2 rings (SSSR count). The average Bonchev–Trinajstić information content (AvgIpc) is 2.52. The molecule has 0 spiro atoms. The molecule has 1 amide bonds. The molecule has 1 aromatic carbocycles. The van der Waals surface area contributed by atoms with E-state index in [0.29, 0.717) is 37.4 Å². The van der Waals surface area contributed by atoms with Crippen LogP contribution in [0.15, 0.2) is 12.1 Å². The molecule has 0 unspecified atom stereocenters. The van der Waals surface area contributed by atoms with Crippen LogP contribution in [-0.2, 0) is 11.3 Å². The van der Waals surface area contributed by atoms with Gasteiger partial charge in [-0.25, -0.2) is 4.79 Å². The minimum Gasteiger partial charge on any atom is -0.445 e. The molecular formula is C17H26BF3KN3O2. The van der Waals surface area contributed by atoms with E-state index in [-0.39, 0.29) is 57.9 Å². The fourth-order valence-electron chi connectivity index (χ4n) is 2.97. The third-order valence-corrected chi connectivity index (χ3v) is 4.38. The van der Waals surface area contributed by atoms with Crippen LogP contribution in [0.5, 0.6) is 0 Å². The van der Waals surface area contributed by atoms with Crippen LogP contribution in [0, 0.1) is 6.92 Å². The largest absolute Gasteiger partial charge is 1.00 e. The summed E-state index contributed by atoms with van der Waals surface area (Å²) in [7, 11) is 0. The number of piperazine rings is 1. The molecule has 1 heterocycles. The number of carbonyl (C=O) groups is 1. The van der Waals surface area contributed by atoms with E-state index in [9.17, 15) is 17.7 Å². The molecule has 1 aliphatic heterocycles. The van der Waals surface area contributed by atoms with E-state index in [1.807, 2.05) is 4.90 Å². The van der Waals surface area contributed by atoms with Gasteiger partial charge in [-0.3, -0.25) is 0 Å². The molecule has 0 aliphatic carbocycles. The molecule has 5 nitrogen and oxygen atoms in total. The zero-order valence-corrected chi connectivity index (χ0v) is 19.8. The van der Waals surface area contributed by atoms with Crippen LogP contribution in [0.1, 0.15) is 31.9 Å². The number of anilines is 1. The second-order valence-electron chi connectivity index (χ2n) is 7.56. The van der Waals surface area contributed by atoms with E-state index >= 15 is 0 Å². The van der Waals surface area contributed by atoms with Crippen LogP contribution >= 0.6 is 0 Å². The van der Waals surface area contributed by atoms with E-state index in [1.54, 1.807) is 32.6 Å². The smallest absolute Gasteiger partial charge is 0.445 e. The van der Waals surface area contributed by atoms with Gasteiger partial charge in [0.25, 0.3) is 0 Å². The van der Waals surface area contributed by atoms with Gasteiger partial charge in [-0.15, -0.1) is 5.46 Å². The van der Waals surface area contributed by atoms with Crippen molar-refractivity contribution < 1.29 is 73.9 Å². The van der Waals surface area contributed by atoms with Gasteiger partial charge in [-0.2, -0.15) is 0 Å². The Morgan fingerprint density at radius 3 is 2.19 bits per heavy atom. The Kier molecular flexibility index (Phi) is 8.71. The number of nitrogens with two attached hydrogens (primary N) is 1. The molecule has 27 heavy (non-hydrogen) atoms. The number of rotatable bonds is 3. The van der Waals surface area contributed by atoms with Crippen molar-refractivity contribution >= 4 is 24.2 Å². The van der Waals surface area contributed by atoms with E-state index in [0.717, 1.165) is 11.6 Å². The van der Waals surface area contributed by atoms with E-state index < -0.39 is 24.1 Å². The Balaban J connectivity index is 0.00000364. The maximum Gasteiger partial charge on any atom is 1.00 e. The average molecular weight is 411 g/mol. The van der Waals surface area contributed by atoms with Crippen molar-refractivity contribution in [3.8, 4) is 0 Å². The van der Waals surface area contributed by atoms with Crippen molar-refractivity contribution in [2.75, 3.05) is 31.1 Å². The van der Waals surface area contributed by atoms with Gasteiger partial charge in [0.05, 0.1) is 0 Å². The van der Waals surface area contributed by atoms with Gasteiger partial charge in [0, 0.05) is 38.4 Å². The molecule has 146 valence electrons. The van der Waals surface area contributed by atoms with Gasteiger partial charge < -0.3 is 33.2 Å². The Morgan fingerprint density at radius 1 is 1.19 bits per heavy atom. The normalized spacial score (nSPS) is 15.4. The van der Waals surface area contributed by atoms with Crippen LogP contribution in [0.2, 0.25) is 0 Å². The molecule has 0 atom stereocenters. The summed E-state index contributed by atoms with van der Waals surface area (Å²) in [4.78, 5) is 15.6. The van der Waals surface area contributed by atoms with E-state index in [1.165, 1.54) is 6.07 Å². The summed E-state index contributed by atoms with van der Waals surface area (Å²) in [5.74, 6) is 0. The monoisotopic (exact) mass is 411 g/mol. The van der Waals surface area contributed by atoms with Gasteiger partial charge in [0.1, 0.15) is 5.60 Å². The molecule has 0 bridgehead atoms. The zero-order chi connectivity index (χ0) is 19.7. The summed E-state index contributed by atoms with van der Waals surface area (Å²) < 4.78 is 45.1. The zero-order valence-electron chi connectivity index (χ0n) is 16.7. The standard InChI is InChI=1S/C17H26BF3N3O2.K/c1-12-13(11-22)9-14(18(19,20)21)10-15(12)23-5-7-24(8-6-23)16(25)26-17(2,3)4;/h9-10H,5-8,11,22H2,1-4H3;/q-1;+1. The summed E-state index contributed by atoms with van der Waals surface area (Å²) in [5.41, 5.74) is 6.19. The fraction of sp³-hybridized carbons (Fsp3) is 0.588. The number of nitrogens with zero attached hydrogens (tertiary/aromatic N) is 2. The van der Waals surface area contributed by atoms with Crippen LogP contribution < -0.4 is 67.5 Å². The summed E-state index contributed by atoms with van der Waals surface area (Å²) >= 11 is 0. The van der Waals surface area contributed by atoms with Crippen LogP contribution in [0.3, 0.4) is 0 Å². The molecular weight excluding hydrogens is 385 g/mol. The summed E-state index contributed by atoms with van der Waals surface area (Å²) in [6.45, 7) is 3.80. The number of benzene rings is 1. The minimum absolute atomic E-state index is 0. The van der Waals surface area contributed by atoms with Crippen LogP contribution in [0.25, 0.3) is 0 Å². The Morgan fingerprint density at radius 2 is 1.74 bits per heavy atom. The van der Waals surface area contributed by atoms with E-state index in [2.05, 4.69) is 0 Å². The second kappa shape index (κ2) is 9.49. The molecule has 1 aliphatic rings. The molecule has 2 N–H and O–H groups in total. The first-order chi connectivity index (χ1) is 11.9. The number of hydrogen-bond donors (Lipinski definition) is 1. The molecule has 1 aromatic rings. The first-order valence-corrected chi connectivity index (χ1v) is 8.68. The number of halogens is 3. The van der Waals surface area contributed by atoms with Crippen molar-refractivity contribution in [1.82, 2.24) is 4.90 Å². The van der Waals surface area contributed by atoms with Gasteiger partial charge in [0.15, 0.2) is 0 Å². The first-order valence-electron chi connectivity index (χ1n) is 8.68. The van der Waals surface area contributed by atoms with Gasteiger partial charge in [0.2, 0.25) is 0 Å². The van der Waals surface area contributed by atoms with Crippen molar-refractivity contribution in [2.45, 2.75) is 39.8 Å². The quantitative estimate of drug-likeness (QED) is 0.686. The van der Waals surface area contributed by atoms with Crippen molar-refractivity contribution in [2.24, 2.45) is 5.73 Å². The third-order valence-electron chi connectivity index (χ3n) is 4.38. The predicted molar refractivity (Wildman–Crippen MR) is 97.8 cm³/mol. The summed E-state index contributed by atoms with van der Waals surface area (Å²) in [6.07, 6.45) is -0.399. The van der Waals surface area contributed by atoms with Gasteiger partial charge >= 0.3 is 64.5 Å². The van der Waals surface area contributed by atoms with Crippen molar-refractivity contribution in [3.63, 3.8) is 0 Å². The third kappa shape index (κ3) is 6.64. The maximum absolute atomic E-state index is 13.2. The van der Waals surface area contributed by atoms with Crippen LogP contribution in [0.4, 0.5) is 23.4 Å². The van der Waals surface area contributed by atoms with Crippen molar-refractivity contribution in [1.29, 1.82) is 0 Å². The summed E-state index contributed by atoms with van der Waals surface area (Å²) in [5, 5.41) is 0. The molecule has 0 radical (unpaired) electrons. The van der Waals surface area contributed by atoms with Gasteiger partial charge in [-0.1, -0.05) is 12.1 Å². The van der Waals surface area contributed by atoms with Crippen molar-refractivity contribution in [3.05, 3.63) is 23.3 Å². The molecule has 1 saturated heterocycles. The Bertz CT molecular complexity index is 673. The maximum atomic E-state index is 13.2. The number of amides is 1. The van der Waals surface area contributed by atoms with Crippen LogP contribution in [-0.4, -0.2) is 49.8 Å². The first kappa shape index (κ1) is 24.8. The SMILES string of the molecule is Cc1c(CN)cc([B-](F)(F)F)cc1N1CCN(C(=O)OC(C)(C)C)CC1.[K+]. The molecule has 0 saturated carbocycles. The molecule has 0 aromatic heterocycles. The Hall–Kier alpha value is -0.259. The molecule has 1 fully saturated rings. The number of hydrogen-bond acceptors (Lipinski definition) is 4. The van der Waals surface area contributed by atoms with Gasteiger partial charge in [-0.05, 0) is 38.8 Å². The predicted octanol–water partition coefficient (Wildman–Crippen LogP) is -0.431. The number of carbonyl (C=O) groups excluding carboxylic acids is 1. The Labute approximate surface area is 201 Å².